The predicted molar refractivity (Wildman–Crippen MR) is 98.6 cm³/mol. The summed E-state index contributed by atoms with van der Waals surface area (Å²) in [5, 5.41) is 0. The van der Waals surface area contributed by atoms with Crippen LogP contribution >= 0.6 is 0 Å². The maximum absolute atomic E-state index is 12.9. The lowest BCUT2D eigenvalue weighted by Gasteiger charge is -2.22. The monoisotopic (exact) mass is 340 g/mol. The minimum Gasteiger partial charge on any atom is -0.465 e. The van der Waals surface area contributed by atoms with Crippen LogP contribution in [0.3, 0.4) is 0 Å². The molecule has 25 heavy (non-hydrogen) atoms. The van der Waals surface area contributed by atoms with Gasteiger partial charge in [0.05, 0.1) is 6.61 Å². The molecule has 0 heterocycles. The number of esters is 1. The molecule has 2 aromatic carbocycles. The number of nitrogens with zero attached hydrogens (tertiary/aromatic N) is 2. The molecule has 0 aliphatic rings. The van der Waals surface area contributed by atoms with Crippen molar-refractivity contribution in [2.75, 3.05) is 32.1 Å². The van der Waals surface area contributed by atoms with Gasteiger partial charge in [0, 0.05) is 31.9 Å². The first-order valence-corrected chi connectivity index (χ1v) is 8.27. The van der Waals surface area contributed by atoms with E-state index in [9.17, 15) is 9.59 Å². The second-order valence-corrected chi connectivity index (χ2v) is 5.89. The van der Waals surface area contributed by atoms with Gasteiger partial charge in [-0.2, -0.15) is 0 Å². The highest BCUT2D eigenvalue weighted by Crippen LogP contribution is 2.15. The third-order valence-electron chi connectivity index (χ3n) is 3.76. The first kappa shape index (κ1) is 18.5. The molecule has 5 heteroatoms. The maximum atomic E-state index is 12.9. The number of rotatable bonds is 7. The minimum absolute atomic E-state index is 0.0724. The molecular weight excluding hydrogens is 316 g/mol. The topological polar surface area (TPSA) is 49.9 Å². The smallest absolute Gasteiger partial charge is 0.325 e. The molecule has 0 aliphatic carbocycles. The molecule has 0 saturated carbocycles. The lowest BCUT2D eigenvalue weighted by Crippen LogP contribution is -2.36. The van der Waals surface area contributed by atoms with Crippen molar-refractivity contribution in [3.05, 3.63) is 65.7 Å². The zero-order valence-corrected chi connectivity index (χ0v) is 14.9. The Morgan fingerprint density at radius 2 is 1.60 bits per heavy atom. The van der Waals surface area contributed by atoms with Crippen LogP contribution in [-0.2, 0) is 16.1 Å². The quantitative estimate of drug-likeness (QED) is 0.727. The zero-order valence-electron chi connectivity index (χ0n) is 14.9. The first-order chi connectivity index (χ1) is 12.0. The summed E-state index contributed by atoms with van der Waals surface area (Å²) in [6.45, 7) is 2.33. The van der Waals surface area contributed by atoms with Crippen LogP contribution in [-0.4, -0.2) is 44.0 Å². The largest absolute Gasteiger partial charge is 0.465 e. The molecule has 0 unspecified atom stereocenters. The van der Waals surface area contributed by atoms with Gasteiger partial charge in [0.2, 0.25) is 0 Å². The molecule has 0 aliphatic heterocycles. The highest BCUT2D eigenvalue weighted by Gasteiger charge is 2.20. The molecule has 1 amide bonds. The third-order valence-corrected chi connectivity index (χ3v) is 3.76. The van der Waals surface area contributed by atoms with Crippen LogP contribution in [0.5, 0.6) is 0 Å². The summed E-state index contributed by atoms with van der Waals surface area (Å²) in [5.74, 6) is -0.598. The molecule has 0 aromatic heterocycles. The maximum Gasteiger partial charge on any atom is 0.325 e. The van der Waals surface area contributed by atoms with Crippen LogP contribution < -0.4 is 4.90 Å². The zero-order chi connectivity index (χ0) is 18.2. The Bertz CT molecular complexity index is 697. The van der Waals surface area contributed by atoms with Crippen molar-refractivity contribution in [2.45, 2.75) is 13.5 Å². The molecule has 5 nitrogen and oxygen atoms in total. The van der Waals surface area contributed by atoms with Crippen LogP contribution in [0, 0.1) is 0 Å². The summed E-state index contributed by atoms with van der Waals surface area (Å²) in [6, 6.07) is 16.9. The Balaban J connectivity index is 2.20. The molecule has 0 bridgehead atoms. The number of hydrogen-bond acceptors (Lipinski definition) is 4. The van der Waals surface area contributed by atoms with Crippen molar-refractivity contribution in [3.8, 4) is 0 Å². The van der Waals surface area contributed by atoms with Gasteiger partial charge in [-0.25, -0.2) is 0 Å². The Morgan fingerprint density at radius 3 is 2.16 bits per heavy atom. The van der Waals surface area contributed by atoms with Gasteiger partial charge < -0.3 is 14.5 Å². The van der Waals surface area contributed by atoms with E-state index in [1.54, 1.807) is 19.1 Å². The average molecular weight is 340 g/mol. The number of hydrogen-bond donors (Lipinski definition) is 0. The predicted octanol–water partition coefficient (Wildman–Crippen LogP) is 2.96. The van der Waals surface area contributed by atoms with Gasteiger partial charge in [-0.15, -0.1) is 0 Å². The first-order valence-electron chi connectivity index (χ1n) is 8.27. The number of carbonyl (C=O) groups excluding carboxylic acids is 2. The molecule has 0 spiro atoms. The Kier molecular flexibility index (Phi) is 6.57. The van der Waals surface area contributed by atoms with Gasteiger partial charge in [0.1, 0.15) is 6.54 Å². The number of anilines is 1. The van der Waals surface area contributed by atoms with Gasteiger partial charge in [-0.1, -0.05) is 30.3 Å². The summed E-state index contributed by atoms with van der Waals surface area (Å²) in [4.78, 5) is 28.3. The van der Waals surface area contributed by atoms with Crippen LogP contribution in [0.25, 0.3) is 0 Å². The Labute approximate surface area is 148 Å². The van der Waals surface area contributed by atoms with E-state index in [-0.39, 0.29) is 12.5 Å². The van der Waals surface area contributed by atoms with Crippen molar-refractivity contribution in [2.24, 2.45) is 0 Å². The highest BCUT2D eigenvalue weighted by atomic mass is 16.5. The lowest BCUT2D eigenvalue weighted by molar-refractivity contribution is -0.143. The summed E-state index contributed by atoms with van der Waals surface area (Å²) >= 11 is 0. The van der Waals surface area contributed by atoms with E-state index in [1.165, 1.54) is 4.90 Å². The SMILES string of the molecule is CCOC(=O)CN(Cc1ccccc1)C(=O)c1ccc(N(C)C)cc1. The second kappa shape index (κ2) is 8.87. The number of amides is 1. The minimum atomic E-state index is -0.406. The van der Waals surface area contributed by atoms with Crippen LogP contribution in [0.4, 0.5) is 5.69 Å². The second-order valence-electron chi connectivity index (χ2n) is 5.89. The van der Waals surface area contributed by atoms with E-state index in [0.717, 1.165) is 11.3 Å². The Hall–Kier alpha value is -2.82. The molecule has 0 atom stereocenters. The van der Waals surface area contributed by atoms with Gasteiger partial charge in [-0.3, -0.25) is 9.59 Å². The Morgan fingerprint density at radius 1 is 0.960 bits per heavy atom. The van der Waals surface area contributed by atoms with Gasteiger partial charge in [0.25, 0.3) is 5.91 Å². The van der Waals surface area contributed by atoms with Gasteiger partial charge in [-0.05, 0) is 36.8 Å². The standard InChI is InChI=1S/C20H24N2O3/c1-4-25-19(23)15-22(14-16-8-6-5-7-9-16)20(24)17-10-12-18(13-11-17)21(2)3/h5-13H,4,14-15H2,1-3H3. The van der Waals surface area contributed by atoms with E-state index in [2.05, 4.69) is 0 Å². The number of ether oxygens (including phenoxy) is 1. The fourth-order valence-electron chi connectivity index (χ4n) is 2.45. The normalized spacial score (nSPS) is 10.2. The van der Waals surface area contributed by atoms with Crippen molar-refractivity contribution in [1.82, 2.24) is 4.90 Å². The molecule has 2 aromatic rings. The van der Waals surface area contributed by atoms with Crippen molar-refractivity contribution < 1.29 is 14.3 Å². The van der Waals surface area contributed by atoms with E-state index < -0.39 is 5.97 Å². The summed E-state index contributed by atoms with van der Waals surface area (Å²) in [7, 11) is 3.89. The lowest BCUT2D eigenvalue weighted by atomic mass is 10.1. The fourth-order valence-corrected chi connectivity index (χ4v) is 2.45. The van der Waals surface area contributed by atoms with E-state index >= 15 is 0 Å². The van der Waals surface area contributed by atoms with E-state index in [0.29, 0.717) is 18.7 Å². The summed E-state index contributed by atoms with van der Waals surface area (Å²) < 4.78 is 5.01. The van der Waals surface area contributed by atoms with Crippen molar-refractivity contribution >= 4 is 17.6 Å². The van der Waals surface area contributed by atoms with Crippen LogP contribution in [0.2, 0.25) is 0 Å². The third kappa shape index (κ3) is 5.35. The molecular formula is C20H24N2O3. The van der Waals surface area contributed by atoms with Gasteiger partial charge >= 0.3 is 5.97 Å². The molecule has 0 N–H and O–H groups in total. The summed E-state index contributed by atoms with van der Waals surface area (Å²) in [6.07, 6.45) is 0. The van der Waals surface area contributed by atoms with Crippen LogP contribution in [0.15, 0.2) is 54.6 Å². The van der Waals surface area contributed by atoms with E-state index in [4.69, 9.17) is 4.74 Å². The fraction of sp³-hybridized carbons (Fsp3) is 0.300. The molecule has 132 valence electrons. The number of carbonyl (C=O) groups is 2. The molecule has 2 rings (SSSR count). The molecule has 0 saturated heterocycles. The average Bonchev–Trinajstić information content (AvgIpc) is 2.61. The van der Waals surface area contributed by atoms with Gasteiger partial charge in [0.15, 0.2) is 0 Å². The molecule has 0 fully saturated rings. The molecule has 0 radical (unpaired) electrons. The highest BCUT2D eigenvalue weighted by molar-refractivity contribution is 5.96. The van der Waals surface area contributed by atoms with E-state index in [1.807, 2.05) is 61.5 Å². The van der Waals surface area contributed by atoms with Crippen molar-refractivity contribution in [1.29, 1.82) is 0 Å². The van der Waals surface area contributed by atoms with Crippen LogP contribution in [0.1, 0.15) is 22.8 Å². The number of benzene rings is 2. The summed E-state index contributed by atoms with van der Waals surface area (Å²) in [5.41, 5.74) is 2.52. The van der Waals surface area contributed by atoms with Crippen molar-refractivity contribution in [3.63, 3.8) is 0 Å².